The SMILES string of the molecule is O=C1NCCCC1NCc1cc(F)cc(Br)c1. The zero-order valence-electron chi connectivity index (χ0n) is 9.30. The molecule has 0 bridgehead atoms. The fourth-order valence-electron chi connectivity index (χ4n) is 1.92. The normalized spacial score (nSPS) is 20.1. The summed E-state index contributed by atoms with van der Waals surface area (Å²) >= 11 is 3.24. The molecule has 1 aliphatic rings. The van der Waals surface area contributed by atoms with Gasteiger partial charge in [-0.2, -0.15) is 0 Å². The van der Waals surface area contributed by atoms with Crippen molar-refractivity contribution in [3.05, 3.63) is 34.1 Å². The van der Waals surface area contributed by atoms with Gasteiger partial charge in [-0.1, -0.05) is 15.9 Å². The summed E-state index contributed by atoms with van der Waals surface area (Å²) in [4.78, 5) is 11.5. The molecule has 92 valence electrons. The van der Waals surface area contributed by atoms with Crippen LogP contribution in [0, 0.1) is 5.82 Å². The van der Waals surface area contributed by atoms with Gasteiger partial charge in [-0.05, 0) is 36.6 Å². The van der Waals surface area contributed by atoms with Gasteiger partial charge in [0.1, 0.15) is 5.82 Å². The van der Waals surface area contributed by atoms with Gasteiger partial charge in [0.2, 0.25) is 5.91 Å². The van der Waals surface area contributed by atoms with E-state index in [1.54, 1.807) is 0 Å². The van der Waals surface area contributed by atoms with Crippen LogP contribution in [0.5, 0.6) is 0 Å². The zero-order valence-corrected chi connectivity index (χ0v) is 10.9. The molecule has 1 heterocycles. The van der Waals surface area contributed by atoms with E-state index in [9.17, 15) is 9.18 Å². The van der Waals surface area contributed by atoms with Crippen molar-refractivity contribution in [2.45, 2.75) is 25.4 Å². The van der Waals surface area contributed by atoms with Crippen LogP contribution in [0.2, 0.25) is 0 Å². The first-order valence-electron chi connectivity index (χ1n) is 5.61. The number of hydrogen-bond donors (Lipinski definition) is 2. The largest absolute Gasteiger partial charge is 0.355 e. The molecule has 1 aliphatic heterocycles. The lowest BCUT2D eigenvalue weighted by atomic mass is 10.1. The van der Waals surface area contributed by atoms with Crippen molar-refractivity contribution in [3.63, 3.8) is 0 Å². The van der Waals surface area contributed by atoms with Gasteiger partial charge in [-0.3, -0.25) is 4.79 Å². The highest BCUT2D eigenvalue weighted by Gasteiger charge is 2.20. The van der Waals surface area contributed by atoms with Crippen molar-refractivity contribution < 1.29 is 9.18 Å². The Hall–Kier alpha value is -0.940. The second-order valence-electron chi connectivity index (χ2n) is 4.14. The van der Waals surface area contributed by atoms with Crippen molar-refractivity contribution >= 4 is 21.8 Å². The van der Waals surface area contributed by atoms with Gasteiger partial charge in [0.05, 0.1) is 6.04 Å². The minimum atomic E-state index is -0.274. The molecule has 1 atom stereocenters. The maximum atomic E-state index is 13.1. The van der Waals surface area contributed by atoms with Gasteiger partial charge in [0.15, 0.2) is 0 Å². The van der Waals surface area contributed by atoms with Crippen molar-refractivity contribution in [2.24, 2.45) is 0 Å². The van der Waals surface area contributed by atoms with Gasteiger partial charge in [-0.15, -0.1) is 0 Å². The lowest BCUT2D eigenvalue weighted by molar-refractivity contribution is -0.124. The number of halogens is 2. The van der Waals surface area contributed by atoms with Crippen LogP contribution >= 0.6 is 15.9 Å². The Kier molecular flexibility index (Phi) is 4.12. The van der Waals surface area contributed by atoms with Crippen molar-refractivity contribution in [1.82, 2.24) is 10.6 Å². The molecule has 2 N–H and O–H groups in total. The van der Waals surface area contributed by atoms with E-state index >= 15 is 0 Å². The molecule has 1 fully saturated rings. The Balaban J connectivity index is 1.94. The van der Waals surface area contributed by atoms with Gasteiger partial charge in [0, 0.05) is 17.6 Å². The molecule has 0 spiro atoms. The minimum Gasteiger partial charge on any atom is -0.355 e. The number of hydrogen-bond acceptors (Lipinski definition) is 2. The average molecular weight is 301 g/mol. The second-order valence-corrected chi connectivity index (χ2v) is 5.06. The fourth-order valence-corrected chi connectivity index (χ4v) is 2.43. The van der Waals surface area contributed by atoms with Gasteiger partial charge >= 0.3 is 0 Å². The Bertz CT molecular complexity index is 405. The summed E-state index contributed by atoms with van der Waals surface area (Å²) < 4.78 is 13.8. The molecule has 1 aromatic rings. The van der Waals surface area contributed by atoms with E-state index in [2.05, 4.69) is 26.6 Å². The van der Waals surface area contributed by atoms with Crippen LogP contribution in [0.3, 0.4) is 0 Å². The summed E-state index contributed by atoms with van der Waals surface area (Å²) in [6.07, 6.45) is 1.82. The molecule has 0 aliphatic carbocycles. The predicted octanol–water partition coefficient (Wildman–Crippen LogP) is 1.96. The van der Waals surface area contributed by atoms with Gasteiger partial charge in [-0.25, -0.2) is 4.39 Å². The third-order valence-electron chi connectivity index (χ3n) is 2.76. The second kappa shape index (κ2) is 5.60. The van der Waals surface area contributed by atoms with E-state index < -0.39 is 0 Å². The van der Waals surface area contributed by atoms with Crippen LogP contribution in [0.1, 0.15) is 18.4 Å². The van der Waals surface area contributed by atoms with Crippen LogP contribution in [-0.2, 0) is 11.3 Å². The maximum absolute atomic E-state index is 13.1. The summed E-state index contributed by atoms with van der Waals surface area (Å²) in [5, 5.41) is 5.95. The number of rotatable bonds is 3. The molecule has 0 radical (unpaired) electrons. The van der Waals surface area contributed by atoms with Crippen molar-refractivity contribution in [3.8, 4) is 0 Å². The molecule has 1 aromatic carbocycles. The quantitative estimate of drug-likeness (QED) is 0.896. The summed E-state index contributed by atoms with van der Waals surface area (Å²) in [5.41, 5.74) is 0.829. The topological polar surface area (TPSA) is 41.1 Å². The third-order valence-corrected chi connectivity index (χ3v) is 3.22. The van der Waals surface area contributed by atoms with Gasteiger partial charge < -0.3 is 10.6 Å². The Labute approximate surface area is 108 Å². The Morgan fingerprint density at radius 1 is 1.47 bits per heavy atom. The summed E-state index contributed by atoms with van der Waals surface area (Å²) in [7, 11) is 0. The van der Waals surface area contributed by atoms with Crippen LogP contribution in [0.15, 0.2) is 22.7 Å². The number of nitrogens with one attached hydrogen (secondary N) is 2. The molecule has 3 nitrogen and oxygen atoms in total. The number of carbonyl (C=O) groups is 1. The minimum absolute atomic E-state index is 0.0340. The highest BCUT2D eigenvalue weighted by atomic mass is 79.9. The van der Waals surface area contributed by atoms with E-state index in [-0.39, 0.29) is 17.8 Å². The van der Waals surface area contributed by atoms with Crippen molar-refractivity contribution in [2.75, 3.05) is 6.54 Å². The molecule has 2 rings (SSSR count). The highest BCUT2D eigenvalue weighted by molar-refractivity contribution is 9.10. The highest BCUT2D eigenvalue weighted by Crippen LogP contribution is 2.15. The monoisotopic (exact) mass is 300 g/mol. The lowest BCUT2D eigenvalue weighted by Gasteiger charge is -2.22. The molecular formula is C12H14BrFN2O. The first-order valence-corrected chi connectivity index (χ1v) is 6.40. The van der Waals surface area contributed by atoms with Crippen molar-refractivity contribution in [1.29, 1.82) is 0 Å². The Morgan fingerprint density at radius 2 is 2.29 bits per heavy atom. The van der Waals surface area contributed by atoms with E-state index in [4.69, 9.17) is 0 Å². The molecular weight excluding hydrogens is 287 g/mol. The van der Waals surface area contributed by atoms with Crippen LogP contribution in [-0.4, -0.2) is 18.5 Å². The molecule has 17 heavy (non-hydrogen) atoms. The fraction of sp³-hybridized carbons (Fsp3) is 0.417. The summed E-state index contributed by atoms with van der Waals surface area (Å²) in [6, 6.07) is 4.57. The number of benzene rings is 1. The number of carbonyl (C=O) groups excluding carboxylic acids is 1. The standard InChI is InChI=1S/C12H14BrFN2O/c13-9-4-8(5-10(14)6-9)7-16-11-2-1-3-15-12(11)17/h4-6,11,16H,1-3,7H2,(H,15,17). The van der Waals surface area contributed by atoms with E-state index in [0.29, 0.717) is 11.0 Å². The van der Waals surface area contributed by atoms with Gasteiger partial charge in [0.25, 0.3) is 0 Å². The number of amides is 1. The molecule has 1 saturated heterocycles. The maximum Gasteiger partial charge on any atom is 0.237 e. The van der Waals surface area contributed by atoms with Crippen LogP contribution in [0.4, 0.5) is 4.39 Å². The number of piperidine rings is 1. The first-order chi connectivity index (χ1) is 8.15. The molecule has 0 aromatic heterocycles. The average Bonchev–Trinajstić information content (AvgIpc) is 2.27. The first kappa shape index (κ1) is 12.5. The molecule has 1 unspecified atom stereocenters. The molecule has 1 amide bonds. The third kappa shape index (κ3) is 3.51. The predicted molar refractivity (Wildman–Crippen MR) is 67.0 cm³/mol. The summed E-state index contributed by atoms with van der Waals surface area (Å²) in [6.45, 7) is 1.25. The van der Waals surface area contributed by atoms with E-state index in [1.165, 1.54) is 12.1 Å². The Morgan fingerprint density at radius 3 is 3.00 bits per heavy atom. The lowest BCUT2D eigenvalue weighted by Crippen LogP contribution is -2.47. The zero-order chi connectivity index (χ0) is 12.3. The smallest absolute Gasteiger partial charge is 0.237 e. The molecule has 5 heteroatoms. The van der Waals surface area contributed by atoms with E-state index in [1.807, 2.05) is 6.07 Å². The van der Waals surface area contributed by atoms with Crippen LogP contribution < -0.4 is 10.6 Å². The van der Waals surface area contributed by atoms with E-state index in [0.717, 1.165) is 24.9 Å². The summed E-state index contributed by atoms with van der Waals surface area (Å²) in [5.74, 6) is -0.240. The van der Waals surface area contributed by atoms with Crippen LogP contribution in [0.25, 0.3) is 0 Å². The molecule has 0 saturated carbocycles.